The van der Waals surface area contributed by atoms with Crippen molar-refractivity contribution in [2.24, 2.45) is 0 Å². The Balaban J connectivity index is 1.88. The van der Waals surface area contributed by atoms with Crippen molar-refractivity contribution in [3.8, 4) is 28.8 Å². The quantitative estimate of drug-likeness (QED) is 0.583. The lowest BCUT2D eigenvalue weighted by Crippen LogP contribution is -2.27. The maximum Gasteiger partial charge on any atom is 0.344 e. The highest BCUT2D eigenvalue weighted by atomic mass is 16.6. The Labute approximate surface area is 176 Å². The molecule has 6 nitrogen and oxygen atoms in total. The van der Waals surface area contributed by atoms with Gasteiger partial charge in [0, 0.05) is 11.5 Å². The summed E-state index contributed by atoms with van der Waals surface area (Å²) in [7, 11) is 1.63. The number of aromatic amines is 1. The van der Waals surface area contributed by atoms with Crippen LogP contribution in [0, 0.1) is 11.3 Å². The number of carbonyl (C=O) groups excluding carboxylic acids is 1. The molecule has 0 saturated carbocycles. The van der Waals surface area contributed by atoms with Crippen LogP contribution in [-0.4, -0.2) is 30.3 Å². The number of aromatic nitrogens is 1. The number of ether oxygens (including phenoxy) is 3. The molecule has 1 heterocycles. The number of benzene rings is 2. The maximum atomic E-state index is 11.8. The molecule has 0 atom stereocenters. The number of nitrogens with one attached hydrogen (secondary N) is 1. The van der Waals surface area contributed by atoms with E-state index in [1.807, 2.05) is 45.0 Å². The van der Waals surface area contributed by atoms with Gasteiger partial charge >= 0.3 is 5.97 Å². The normalized spacial score (nSPS) is 11.2. The summed E-state index contributed by atoms with van der Waals surface area (Å²) in [4.78, 5) is 15.2. The van der Waals surface area contributed by atoms with Crippen LogP contribution in [0.3, 0.4) is 0 Å². The van der Waals surface area contributed by atoms with Gasteiger partial charge in [0.2, 0.25) is 0 Å². The zero-order valence-electron chi connectivity index (χ0n) is 18.0. The summed E-state index contributed by atoms with van der Waals surface area (Å²) >= 11 is 0. The van der Waals surface area contributed by atoms with Gasteiger partial charge < -0.3 is 19.2 Å². The van der Waals surface area contributed by atoms with Crippen molar-refractivity contribution in [2.45, 2.75) is 39.7 Å². The van der Waals surface area contributed by atoms with Gasteiger partial charge in [-0.1, -0.05) is 6.92 Å². The molecule has 1 N–H and O–H groups in total. The molecular weight excluding hydrogens is 380 g/mol. The third-order valence-corrected chi connectivity index (χ3v) is 4.60. The molecule has 0 aliphatic carbocycles. The highest BCUT2D eigenvalue weighted by molar-refractivity contribution is 5.96. The second-order valence-corrected chi connectivity index (χ2v) is 7.95. The molecule has 3 aromatic rings. The maximum absolute atomic E-state index is 11.8. The van der Waals surface area contributed by atoms with E-state index in [9.17, 15) is 10.1 Å². The molecule has 0 unspecified atom stereocenters. The molecule has 0 fully saturated rings. The number of hydrogen-bond acceptors (Lipinski definition) is 5. The lowest BCUT2D eigenvalue weighted by Gasteiger charge is -2.19. The molecule has 3 rings (SSSR count). The van der Waals surface area contributed by atoms with Gasteiger partial charge in [-0.25, -0.2) is 4.79 Å². The van der Waals surface area contributed by atoms with Crippen LogP contribution in [0.1, 0.15) is 38.8 Å². The van der Waals surface area contributed by atoms with E-state index < -0.39 is 11.6 Å². The van der Waals surface area contributed by atoms with Gasteiger partial charge in [0.25, 0.3) is 0 Å². The van der Waals surface area contributed by atoms with Gasteiger partial charge in [-0.2, -0.15) is 5.26 Å². The average Bonchev–Trinajstić information content (AvgIpc) is 3.09. The molecule has 0 bridgehead atoms. The predicted molar refractivity (Wildman–Crippen MR) is 116 cm³/mol. The Bertz CT molecular complexity index is 1100. The Hall–Kier alpha value is -3.46. The minimum absolute atomic E-state index is 0.161. The lowest BCUT2D eigenvalue weighted by molar-refractivity contribution is -0.157. The van der Waals surface area contributed by atoms with Crippen LogP contribution in [0.25, 0.3) is 22.2 Å². The molecule has 0 spiro atoms. The Morgan fingerprint density at radius 2 is 1.83 bits per heavy atom. The third-order valence-electron chi connectivity index (χ3n) is 4.60. The fraction of sp³-hybridized carbons (Fsp3) is 0.333. The van der Waals surface area contributed by atoms with Crippen molar-refractivity contribution >= 4 is 16.9 Å². The molecule has 30 heavy (non-hydrogen) atoms. The van der Waals surface area contributed by atoms with E-state index in [-0.39, 0.29) is 6.61 Å². The van der Waals surface area contributed by atoms with Crippen LogP contribution in [-0.2, 0) is 16.0 Å². The summed E-state index contributed by atoms with van der Waals surface area (Å²) in [5, 5.41) is 10.7. The van der Waals surface area contributed by atoms with E-state index in [2.05, 4.69) is 18.0 Å². The third kappa shape index (κ3) is 4.57. The van der Waals surface area contributed by atoms with Gasteiger partial charge in [-0.15, -0.1) is 0 Å². The molecule has 0 aliphatic heterocycles. The zero-order valence-corrected chi connectivity index (χ0v) is 18.0. The molecule has 0 amide bonds. The Morgan fingerprint density at radius 1 is 1.13 bits per heavy atom. The number of H-pyrrole nitrogens is 1. The predicted octanol–water partition coefficient (Wildman–Crippen LogP) is 5.00. The summed E-state index contributed by atoms with van der Waals surface area (Å²) in [5.74, 6) is 0.882. The fourth-order valence-corrected chi connectivity index (χ4v) is 3.34. The van der Waals surface area contributed by atoms with Gasteiger partial charge in [0.05, 0.1) is 23.9 Å². The van der Waals surface area contributed by atoms with E-state index in [1.54, 1.807) is 19.2 Å². The highest BCUT2D eigenvalue weighted by Crippen LogP contribution is 2.35. The molecule has 0 radical (unpaired) electrons. The molecule has 0 saturated heterocycles. The number of aryl methyl sites for hydroxylation is 1. The summed E-state index contributed by atoms with van der Waals surface area (Å²) < 4.78 is 16.2. The van der Waals surface area contributed by atoms with Gasteiger partial charge in [0.15, 0.2) is 6.61 Å². The molecule has 2 aromatic carbocycles. The topological polar surface area (TPSA) is 84.3 Å². The summed E-state index contributed by atoms with van der Waals surface area (Å²) in [6.07, 6.45) is 0.789. The number of nitriles is 1. The van der Waals surface area contributed by atoms with E-state index in [0.29, 0.717) is 11.3 Å². The largest absolute Gasteiger partial charge is 0.497 e. The smallest absolute Gasteiger partial charge is 0.344 e. The first-order valence-electron chi connectivity index (χ1n) is 9.83. The highest BCUT2D eigenvalue weighted by Gasteiger charge is 2.18. The molecule has 1 aromatic heterocycles. The van der Waals surface area contributed by atoms with Crippen LogP contribution >= 0.6 is 0 Å². The minimum Gasteiger partial charge on any atom is -0.497 e. The average molecular weight is 406 g/mol. The van der Waals surface area contributed by atoms with Crippen LogP contribution in [0.2, 0.25) is 0 Å². The number of hydrogen-bond donors (Lipinski definition) is 1. The van der Waals surface area contributed by atoms with Crippen molar-refractivity contribution in [1.29, 1.82) is 5.26 Å². The van der Waals surface area contributed by atoms with Crippen molar-refractivity contribution in [2.75, 3.05) is 13.7 Å². The fourth-order valence-electron chi connectivity index (χ4n) is 3.34. The first kappa shape index (κ1) is 21.3. The number of rotatable bonds is 6. The van der Waals surface area contributed by atoms with Crippen LogP contribution in [0.15, 0.2) is 36.4 Å². The van der Waals surface area contributed by atoms with Crippen molar-refractivity contribution in [3.63, 3.8) is 0 Å². The van der Waals surface area contributed by atoms with E-state index in [0.717, 1.165) is 39.9 Å². The SMILES string of the molecule is CCc1cc(OC)cc2[nH]c(-c3ccc(OCC(=O)OC(C)(C)C)cc3)c(C#N)c12. The summed E-state index contributed by atoms with van der Waals surface area (Å²) in [6, 6.07) is 13.5. The Morgan fingerprint density at radius 3 is 2.40 bits per heavy atom. The van der Waals surface area contributed by atoms with Crippen LogP contribution < -0.4 is 9.47 Å². The van der Waals surface area contributed by atoms with Crippen LogP contribution in [0.5, 0.6) is 11.5 Å². The first-order chi connectivity index (χ1) is 14.3. The van der Waals surface area contributed by atoms with Crippen molar-refractivity contribution in [1.82, 2.24) is 4.98 Å². The van der Waals surface area contributed by atoms with E-state index in [4.69, 9.17) is 14.2 Å². The second kappa shape index (κ2) is 8.50. The monoisotopic (exact) mass is 406 g/mol. The number of methoxy groups -OCH3 is 1. The van der Waals surface area contributed by atoms with E-state index in [1.165, 1.54) is 0 Å². The van der Waals surface area contributed by atoms with Gasteiger partial charge in [-0.3, -0.25) is 0 Å². The Kier molecular flexibility index (Phi) is 6.02. The number of fused-ring (bicyclic) bond motifs is 1. The number of esters is 1. The standard InChI is InChI=1S/C24H26N2O4/c1-6-15-11-18(28-5)12-20-22(15)19(13-25)23(26-20)16-7-9-17(10-8-16)29-14-21(27)30-24(2,3)4/h7-12,26H,6,14H2,1-5H3. The van der Waals surface area contributed by atoms with E-state index >= 15 is 0 Å². The number of carbonyl (C=O) groups is 1. The van der Waals surface area contributed by atoms with Crippen molar-refractivity contribution < 1.29 is 19.0 Å². The van der Waals surface area contributed by atoms with Gasteiger partial charge in [-0.05, 0) is 68.7 Å². The molecule has 156 valence electrons. The van der Waals surface area contributed by atoms with Crippen molar-refractivity contribution in [3.05, 3.63) is 47.5 Å². The molecular formula is C24H26N2O4. The first-order valence-corrected chi connectivity index (χ1v) is 9.83. The van der Waals surface area contributed by atoms with Crippen LogP contribution in [0.4, 0.5) is 0 Å². The van der Waals surface area contributed by atoms with Gasteiger partial charge in [0.1, 0.15) is 23.2 Å². The second-order valence-electron chi connectivity index (χ2n) is 7.95. The molecule has 6 heteroatoms. The number of nitrogens with zero attached hydrogens (tertiary/aromatic N) is 1. The summed E-state index contributed by atoms with van der Waals surface area (Å²) in [6.45, 7) is 7.33. The molecule has 0 aliphatic rings. The summed E-state index contributed by atoms with van der Waals surface area (Å²) in [5.41, 5.74) is 3.58. The lowest BCUT2D eigenvalue weighted by atomic mass is 10.0. The minimum atomic E-state index is -0.548. The zero-order chi connectivity index (χ0) is 21.9.